The highest BCUT2D eigenvalue weighted by Gasteiger charge is 2.34. The van der Waals surface area contributed by atoms with E-state index in [2.05, 4.69) is 4.98 Å². The zero-order valence-electron chi connectivity index (χ0n) is 10.0. The van der Waals surface area contributed by atoms with Crippen LogP contribution in [0.5, 0.6) is 0 Å². The molecule has 1 heterocycles. The number of hydrogen-bond acceptors (Lipinski definition) is 3. The van der Waals surface area contributed by atoms with Crippen molar-refractivity contribution >= 4 is 0 Å². The van der Waals surface area contributed by atoms with Crippen LogP contribution in [0.3, 0.4) is 0 Å². The maximum atomic E-state index is 13.1. The highest BCUT2D eigenvalue weighted by Crippen LogP contribution is 2.32. The van der Waals surface area contributed by atoms with Crippen LogP contribution >= 0.6 is 0 Å². The molecule has 90 valence electrons. The molecule has 0 aliphatic carbocycles. The van der Waals surface area contributed by atoms with E-state index in [0.717, 1.165) is 12.8 Å². The van der Waals surface area contributed by atoms with Gasteiger partial charge in [0.25, 0.3) is 0 Å². The van der Waals surface area contributed by atoms with Gasteiger partial charge in [0, 0.05) is 13.3 Å². The molecule has 0 bridgehead atoms. The summed E-state index contributed by atoms with van der Waals surface area (Å²) in [7, 11) is 1.64. The lowest BCUT2D eigenvalue weighted by Crippen LogP contribution is -2.42. The predicted octanol–water partition coefficient (Wildman–Crippen LogP) is 2.43. The Morgan fingerprint density at radius 3 is 2.50 bits per heavy atom. The molecule has 0 saturated carbocycles. The number of pyridine rings is 1. The fourth-order valence-electron chi connectivity index (χ4n) is 2.01. The lowest BCUT2D eigenvalue weighted by molar-refractivity contribution is -0.0387. The van der Waals surface area contributed by atoms with Gasteiger partial charge in [-0.1, -0.05) is 13.8 Å². The smallest absolute Gasteiger partial charge is 0.141 e. The van der Waals surface area contributed by atoms with Crippen molar-refractivity contribution in [2.45, 2.75) is 38.3 Å². The summed E-state index contributed by atoms with van der Waals surface area (Å²) in [5.74, 6) is -0.370. The summed E-state index contributed by atoms with van der Waals surface area (Å²) in [4.78, 5) is 3.81. The van der Waals surface area contributed by atoms with Gasteiger partial charge in [0.2, 0.25) is 0 Å². The van der Waals surface area contributed by atoms with Crippen LogP contribution in [0.15, 0.2) is 18.5 Å². The molecule has 1 aromatic rings. The monoisotopic (exact) mass is 226 g/mol. The second kappa shape index (κ2) is 5.37. The molecule has 1 aromatic heterocycles. The first kappa shape index (κ1) is 13.1. The minimum atomic E-state index is -0.449. The van der Waals surface area contributed by atoms with E-state index in [9.17, 15) is 4.39 Å². The van der Waals surface area contributed by atoms with E-state index in [-0.39, 0.29) is 11.9 Å². The van der Waals surface area contributed by atoms with Gasteiger partial charge in [0.1, 0.15) is 5.82 Å². The van der Waals surface area contributed by atoms with E-state index in [1.807, 2.05) is 13.8 Å². The lowest BCUT2D eigenvalue weighted by atomic mass is 9.85. The molecule has 1 atom stereocenters. The molecule has 1 rings (SSSR count). The van der Waals surface area contributed by atoms with Crippen molar-refractivity contribution in [1.82, 2.24) is 4.98 Å². The molecule has 0 aromatic carbocycles. The third kappa shape index (κ3) is 2.39. The fraction of sp³-hybridized carbons (Fsp3) is 0.583. The molecule has 1 unspecified atom stereocenters. The highest BCUT2D eigenvalue weighted by molar-refractivity contribution is 5.18. The average Bonchev–Trinajstić information content (AvgIpc) is 2.32. The van der Waals surface area contributed by atoms with Gasteiger partial charge in [-0.2, -0.15) is 0 Å². The molecule has 0 saturated heterocycles. The summed E-state index contributed by atoms with van der Waals surface area (Å²) in [6, 6.07) is 1.05. The van der Waals surface area contributed by atoms with Crippen LogP contribution in [0, 0.1) is 5.82 Å². The third-order valence-corrected chi connectivity index (χ3v) is 3.26. The first-order valence-corrected chi connectivity index (χ1v) is 5.50. The average molecular weight is 226 g/mol. The molecule has 0 aliphatic heterocycles. The van der Waals surface area contributed by atoms with Gasteiger partial charge in [0.05, 0.1) is 17.8 Å². The summed E-state index contributed by atoms with van der Waals surface area (Å²) in [6.07, 6.45) is 4.31. The summed E-state index contributed by atoms with van der Waals surface area (Å²) in [6.45, 7) is 4.03. The maximum absolute atomic E-state index is 13.1. The van der Waals surface area contributed by atoms with Crippen LogP contribution in [0.2, 0.25) is 0 Å². The number of nitrogens with two attached hydrogens (primary N) is 1. The van der Waals surface area contributed by atoms with Crippen molar-refractivity contribution in [3.63, 3.8) is 0 Å². The lowest BCUT2D eigenvalue weighted by Gasteiger charge is -2.36. The Bertz CT molecular complexity index is 331. The molecule has 4 heteroatoms. The number of ether oxygens (including phenoxy) is 1. The minimum Gasteiger partial charge on any atom is -0.376 e. The molecule has 0 spiro atoms. The maximum Gasteiger partial charge on any atom is 0.141 e. The normalized spacial score (nSPS) is 13.8. The quantitative estimate of drug-likeness (QED) is 0.838. The Hall–Kier alpha value is -1.00. The molecular formula is C12H19FN2O. The van der Waals surface area contributed by atoms with Crippen LogP contribution < -0.4 is 5.73 Å². The Labute approximate surface area is 95.8 Å². The van der Waals surface area contributed by atoms with E-state index in [1.54, 1.807) is 13.3 Å². The van der Waals surface area contributed by atoms with Crippen LogP contribution in [-0.4, -0.2) is 17.7 Å². The predicted molar refractivity (Wildman–Crippen MR) is 61.4 cm³/mol. The van der Waals surface area contributed by atoms with Crippen molar-refractivity contribution in [3.8, 4) is 0 Å². The number of methoxy groups -OCH3 is 1. The Morgan fingerprint density at radius 1 is 1.44 bits per heavy atom. The number of rotatable bonds is 5. The molecular weight excluding hydrogens is 207 g/mol. The van der Waals surface area contributed by atoms with Gasteiger partial charge in [-0.3, -0.25) is 4.98 Å². The van der Waals surface area contributed by atoms with Crippen LogP contribution in [0.25, 0.3) is 0 Å². The van der Waals surface area contributed by atoms with Gasteiger partial charge in [-0.05, 0) is 24.5 Å². The van der Waals surface area contributed by atoms with E-state index < -0.39 is 5.60 Å². The Morgan fingerprint density at radius 2 is 2.06 bits per heavy atom. The Balaban J connectivity index is 3.03. The molecule has 0 radical (unpaired) electrons. The summed E-state index contributed by atoms with van der Waals surface area (Å²) in [5.41, 5.74) is 6.37. The Kier molecular flexibility index (Phi) is 4.38. The van der Waals surface area contributed by atoms with E-state index in [0.29, 0.717) is 5.56 Å². The van der Waals surface area contributed by atoms with Crippen LogP contribution in [0.4, 0.5) is 4.39 Å². The number of nitrogens with zero attached hydrogens (tertiary/aromatic N) is 1. The molecule has 0 aliphatic rings. The van der Waals surface area contributed by atoms with Crippen molar-refractivity contribution in [2.75, 3.05) is 7.11 Å². The topological polar surface area (TPSA) is 48.1 Å². The van der Waals surface area contributed by atoms with Crippen molar-refractivity contribution < 1.29 is 9.13 Å². The van der Waals surface area contributed by atoms with Gasteiger partial charge in [-0.15, -0.1) is 0 Å². The van der Waals surface area contributed by atoms with Crippen molar-refractivity contribution in [2.24, 2.45) is 5.73 Å². The van der Waals surface area contributed by atoms with E-state index in [4.69, 9.17) is 10.5 Å². The van der Waals surface area contributed by atoms with Crippen molar-refractivity contribution in [1.29, 1.82) is 0 Å². The van der Waals surface area contributed by atoms with Crippen LogP contribution in [0.1, 0.15) is 38.3 Å². The standard InChI is InChI=1S/C12H19FN2O/c1-4-12(5-2,16-3)11(14)9-6-10(13)8-15-7-9/h6-8,11H,4-5,14H2,1-3H3. The zero-order valence-corrected chi connectivity index (χ0v) is 10.0. The SMILES string of the molecule is CCC(CC)(OC)C(N)c1cncc(F)c1. The summed E-state index contributed by atoms with van der Waals surface area (Å²) >= 11 is 0. The first-order valence-electron chi connectivity index (χ1n) is 5.50. The third-order valence-electron chi connectivity index (χ3n) is 3.26. The number of aromatic nitrogens is 1. The number of hydrogen-bond donors (Lipinski definition) is 1. The van der Waals surface area contributed by atoms with E-state index >= 15 is 0 Å². The van der Waals surface area contributed by atoms with Gasteiger partial charge in [-0.25, -0.2) is 4.39 Å². The molecule has 0 amide bonds. The first-order chi connectivity index (χ1) is 7.59. The second-order valence-electron chi connectivity index (χ2n) is 3.89. The van der Waals surface area contributed by atoms with Crippen molar-refractivity contribution in [3.05, 3.63) is 29.8 Å². The van der Waals surface area contributed by atoms with Crippen LogP contribution in [-0.2, 0) is 4.74 Å². The largest absolute Gasteiger partial charge is 0.376 e. The molecule has 0 fully saturated rings. The molecule has 3 nitrogen and oxygen atoms in total. The number of halogens is 1. The fourth-order valence-corrected chi connectivity index (χ4v) is 2.01. The summed E-state index contributed by atoms with van der Waals surface area (Å²) < 4.78 is 18.6. The summed E-state index contributed by atoms with van der Waals surface area (Å²) in [5, 5.41) is 0. The van der Waals surface area contributed by atoms with Gasteiger partial charge in [0.15, 0.2) is 0 Å². The van der Waals surface area contributed by atoms with E-state index in [1.165, 1.54) is 12.3 Å². The molecule has 2 N–H and O–H groups in total. The second-order valence-corrected chi connectivity index (χ2v) is 3.89. The highest BCUT2D eigenvalue weighted by atomic mass is 19.1. The zero-order chi connectivity index (χ0) is 12.2. The minimum absolute atomic E-state index is 0.365. The van der Waals surface area contributed by atoms with Gasteiger partial charge < -0.3 is 10.5 Å². The molecule has 16 heavy (non-hydrogen) atoms. The van der Waals surface area contributed by atoms with Gasteiger partial charge >= 0.3 is 0 Å².